The van der Waals surface area contributed by atoms with Gasteiger partial charge in [-0.3, -0.25) is 4.31 Å². The lowest BCUT2D eigenvalue weighted by Gasteiger charge is -2.27. The molecular formula is C6H14N2S. The van der Waals surface area contributed by atoms with Gasteiger partial charge in [-0.25, -0.2) is 0 Å². The van der Waals surface area contributed by atoms with E-state index in [0.717, 1.165) is 13.1 Å². The molecule has 1 aliphatic rings. The molecule has 9 heavy (non-hydrogen) atoms. The van der Waals surface area contributed by atoms with Crippen molar-refractivity contribution in [2.24, 2.45) is 0 Å². The lowest BCUT2D eigenvalue weighted by Crippen LogP contribution is -2.40. The van der Waals surface area contributed by atoms with Crippen LogP contribution >= 0.6 is 10.7 Å². The fourth-order valence-corrected chi connectivity index (χ4v) is 1.76. The highest BCUT2D eigenvalue weighted by molar-refractivity contribution is 8.11. The van der Waals surface area contributed by atoms with Crippen molar-refractivity contribution in [1.82, 2.24) is 9.62 Å². The summed E-state index contributed by atoms with van der Waals surface area (Å²) in [6.45, 7) is 4.60. The Morgan fingerprint density at radius 3 is 2.33 bits per heavy atom. The Balaban J connectivity index is 2.31. The lowest BCUT2D eigenvalue weighted by atomic mass is 10.4. The van der Waals surface area contributed by atoms with Crippen molar-refractivity contribution in [2.45, 2.75) is 0 Å². The molecule has 54 valence electrons. The molecule has 0 radical (unpaired) electrons. The van der Waals surface area contributed by atoms with Crippen LogP contribution in [0.15, 0.2) is 0 Å². The number of piperazine rings is 1. The zero-order valence-electron chi connectivity index (χ0n) is 5.89. The Hall–Kier alpha value is 0.140. The number of hydrogen-bond acceptors (Lipinski definition) is 2. The third kappa shape index (κ3) is 2.08. The third-order valence-corrected chi connectivity index (χ3v) is 2.76. The van der Waals surface area contributed by atoms with E-state index in [-0.39, 0.29) is 10.7 Å². The van der Waals surface area contributed by atoms with Crippen LogP contribution < -0.4 is 5.32 Å². The van der Waals surface area contributed by atoms with E-state index in [1.54, 1.807) is 0 Å². The van der Waals surface area contributed by atoms with Crippen LogP contribution in [0.3, 0.4) is 0 Å². The van der Waals surface area contributed by atoms with Crippen molar-refractivity contribution in [3.05, 3.63) is 0 Å². The van der Waals surface area contributed by atoms with Crippen molar-refractivity contribution in [3.8, 4) is 0 Å². The smallest absolute Gasteiger partial charge is 0.0210 e. The third-order valence-electron chi connectivity index (χ3n) is 1.52. The minimum atomic E-state index is 0.241. The van der Waals surface area contributed by atoms with Gasteiger partial charge in [-0.1, -0.05) is 5.87 Å². The summed E-state index contributed by atoms with van der Waals surface area (Å²) in [4.78, 5) is 0. The van der Waals surface area contributed by atoms with Gasteiger partial charge in [0.05, 0.1) is 0 Å². The molecular weight excluding hydrogens is 132 g/mol. The molecule has 1 rings (SSSR count). The topological polar surface area (TPSA) is 15.3 Å². The van der Waals surface area contributed by atoms with Gasteiger partial charge in [-0.05, 0) is 6.26 Å². The molecule has 1 heterocycles. The van der Waals surface area contributed by atoms with Crippen LogP contribution in [0.2, 0.25) is 0 Å². The molecule has 3 heteroatoms. The van der Waals surface area contributed by atoms with E-state index in [1.165, 1.54) is 13.1 Å². The predicted octanol–water partition coefficient (Wildman–Crippen LogP) is 0.137. The molecule has 1 N–H and O–H groups in total. The zero-order chi connectivity index (χ0) is 6.69. The highest BCUT2D eigenvalue weighted by Gasteiger charge is 2.07. The van der Waals surface area contributed by atoms with Crippen molar-refractivity contribution in [2.75, 3.05) is 32.4 Å². The summed E-state index contributed by atoms with van der Waals surface area (Å²) in [5.41, 5.74) is 0. The molecule has 0 aromatic heterocycles. The van der Waals surface area contributed by atoms with Crippen LogP contribution in [0.25, 0.3) is 0 Å². The molecule has 2 nitrogen and oxygen atoms in total. The van der Waals surface area contributed by atoms with E-state index in [2.05, 4.69) is 21.7 Å². The molecule has 1 aliphatic heterocycles. The second-order valence-electron chi connectivity index (χ2n) is 2.28. The number of nitrogens with one attached hydrogen (secondary N) is 1. The largest absolute Gasteiger partial charge is 0.314 e. The first-order valence-corrected chi connectivity index (χ1v) is 4.98. The van der Waals surface area contributed by atoms with Crippen molar-refractivity contribution in [3.63, 3.8) is 0 Å². The number of hydrogen-bond donors (Lipinski definition) is 1. The van der Waals surface area contributed by atoms with Crippen LogP contribution in [0, 0.1) is 0 Å². The van der Waals surface area contributed by atoms with Gasteiger partial charge in [0.1, 0.15) is 0 Å². The average molecular weight is 146 g/mol. The molecule has 1 fully saturated rings. The highest BCUT2D eigenvalue weighted by Crippen LogP contribution is 2.11. The number of rotatable bonds is 1. The molecule has 1 atom stereocenters. The van der Waals surface area contributed by atoms with Crippen LogP contribution in [0.1, 0.15) is 0 Å². The second-order valence-corrected chi connectivity index (χ2v) is 4.00. The molecule has 0 spiro atoms. The SMILES string of the molecule is C=S(C)N1CCNCC1. The minimum absolute atomic E-state index is 0.241. The van der Waals surface area contributed by atoms with Crippen LogP contribution in [0.4, 0.5) is 0 Å². The Kier molecular flexibility index (Phi) is 2.69. The van der Waals surface area contributed by atoms with Crippen LogP contribution in [0.5, 0.6) is 0 Å². The van der Waals surface area contributed by atoms with Gasteiger partial charge >= 0.3 is 0 Å². The van der Waals surface area contributed by atoms with E-state index in [9.17, 15) is 0 Å². The van der Waals surface area contributed by atoms with Gasteiger partial charge in [0.2, 0.25) is 0 Å². The maximum Gasteiger partial charge on any atom is 0.0210 e. The van der Waals surface area contributed by atoms with Crippen LogP contribution in [-0.2, 0) is 0 Å². The lowest BCUT2D eigenvalue weighted by molar-refractivity contribution is 0.396. The summed E-state index contributed by atoms with van der Waals surface area (Å²) < 4.78 is 2.41. The zero-order valence-corrected chi connectivity index (χ0v) is 6.71. The summed E-state index contributed by atoms with van der Waals surface area (Å²) >= 11 is 0. The normalized spacial score (nSPS) is 25.9. The molecule has 1 unspecified atom stereocenters. The minimum Gasteiger partial charge on any atom is -0.314 e. The first-order valence-electron chi connectivity index (χ1n) is 3.22. The van der Waals surface area contributed by atoms with E-state index in [0.29, 0.717) is 0 Å². The number of nitrogens with zero attached hydrogens (tertiary/aromatic N) is 1. The summed E-state index contributed by atoms with van der Waals surface area (Å²) in [5, 5.41) is 3.30. The van der Waals surface area contributed by atoms with Gasteiger partial charge in [0.25, 0.3) is 0 Å². The Morgan fingerprint density at radius 2 is 2.00 bits per heavy atom. The molecule has 0 aromatic carbocycles. The standard InChI is InChI=1S/C6H14N2S/c1-9(2)8-5-3-7-4-6-8/h7H,1,3-6H2,2H3. The monoisotopic (exact) mass is 146 g/mol. The van der Waals surface area contributed by atoms with Crippen molar-refractivity contribution < 1.29 is 0 Å². The fraction of sp³-hybridized carbons (Fsp3) is 0.833. The summed E-state index contributed by atoms with van der Waals surface area (Å²) in [6, 6.07) is 0. The maximum absolute atomic E-state index is 3.99. The van der Waals surface area contributed by atoms with Crippen molar-refractivity contribution >= 4 is 16.5 Å². The molecule has 0 saturated carbocycles. The quantitative estimate of drug-likeness (QED) is 0.529. The van der Waals surface area contributed by atoms with Gasteiger partial charge in [0.15, 0.2) is 0 Å². The first kappa shape index (κ1) is 7.25. The Labute approximate surface area is 59.3 Å². The van der Waals surface area contributed by atoms with Gasteiger partial charge in [-0.2, -0.15) is 0 Å². The second kappa shape index (κ2) is 3.34. The fourth-order valence-electron chi connectivity index (χ4n) is 0.956. The highest BCUT2D eigenvalue weighted by atomic mass is 32.2. The molecule has 0 amide bonds. The van der Waals surface area contributed by atoms with E-state index in [4.69, 9.17) is 0 Å². The first-order chi connectivity index (χ1) is 4.30. The van der Waals surface area contributed by atoms with Crippen molar-refractivity contribution in [1.29, 1.82) is 0 Å². The predicted molar refractivity (Wildman–Crippen MR) is 45.1 cm³/mol. The van der Waals surface area contributed by atoms with E-state index < -0.39 is 0 Å². The Morgan fingerprint density at radius 1 is 1.44 bits per heavy atom. The summed E-state index contributed by atoms with van der Waals surface area (Å²) in [6.07, 6.45) is 2.17. The molecule has 0 aromatic rings. The van der Waals surface area contributed by atoms with E-state index >= 15 is 0 Å². The van der Waals surface area contributed by atoms with Gasteiger partial charge in [0, 0.05) is 26.2 Å². The van der Waals surface area contributed by atoms with Gasteiger partial charge in [-0.15, -0.1) is 10.7 Å². The summed E-state index contributed by atoms with van der Waals surface area (Å²) in [7, 11) is 0.241. The average Bonchev–Trinajstić information content (AvgIpc) is 1.90. The van der Waals surface area contributed by atoms with Gasteiger partial charge < -0.3 is 5.32 Å². The molecule has 1 saturated heterocycles. The molecule has 0 aliphatic carbocycles. The van der Waals surface area contributed by atoms with Crippen LogP contribution in [-0.4, -0.2) is 42.6 Å². The summed E-state index contributed by atoms with van der Waals surface area (Å²) in [5.74, 6) is 3.99. The maximum atomic E-state index is 3.99. The molecule has 0 bridgehead atoms. The Bertz CT molecular complexity index is 108. The van der Waals surface area contributed by atoms with E-state index in [1.807, 2.05) is 0 Å².